The van der Waals surface area contributed by atoms with Crippen molar-refractivity contribution in [3.8, 4) is 0 Å². The molecule has 1 heterocycles. The summed E-state index contributed by atoms with van der Waals surface area (Å²) < 4.78 is 16.8. The molecule has 4 atom stereocenters. The third kappa shape index (κ3) is 2.86. The molecule has 0 radical (unpaired) electrons. The van der Waals surface area contributed by atoms with Crippen molar-refractivity contribution < 1.29 is 19.0 Å². The van der Waals surface area contributed by atoms with Crippen LogP contribution in [0.4, 0.5) is 0 Å². The second-order valence-electron chi connectivity index (χ2n) is 6.86. The van der Waals surface area contributed by atoms with E-state index in [1.165, 1.54) is 0 Å². The van der Waals surface area contributed by atoms with Gasteiger partial charge in [-0.2, -0.15) is 0 Å². The highest BCUT2D eigenvalue weighted by Crippen LogP contribution is 2.52. The standard InChI is InChI=1S/C14H24O4/c1-8-10(9-7-16-14(5,6)17-9)11(8)12(15)18-13(2,3)4/h8-11H,7H2,1-6H3. The van der Waals surface area contributed by atoms with Gasteiger partial charge in [0.1, 0.15) is 5.60 Å². The minimum Gasteiger partial charge on any atom is -0.460 e. The molecular formula is C14H24O4. The quantitative estimate of drug-likeness (QED) is 0.711. The molecule has 0 bridgehead atoms. The van der Waals surface area contributed by atoms with Crippen molar-refractivity contribution >= 4 is 5.97 Å². The normalized spacial score (nSPS) is 38.6. The van der Waals surface area contributed by atoms with Gasteiger partial charge in [0, 0.05) is 5.92 Å². The Hall–Kier alpha value is -0.610. The predicted octanol–water partition coefficient (Wildman–Crippen LogP) is 2.36. The molecule has 1 aliphatic heterocycles. The zero-order valence-corrected chi connectivity index (χ0v) is 12.1. The van der Waals surface area contributed by atoms with E-state index in [1.807, 2.05) is 34.6 Å². The second kappa shape index (κ2) is 4.20. The fourth-order valence-electron chi connectivity index (χ4n) is 2.71. The Balaban J connectivity index is 1.92. The maximum atomic E-state index is 12.0. The van der Waals surface area contributed by atoms with Crippen molar-refractivity contribution in [1.29, 1.82) is 0 Å². The summed E-state index contributed by atoms with van der Waals surface area (Å²) in [6, 6.07) is 0. The number of hydrogen-bond donors (Lipinski definition) is 0. The van der Waals surface area contributed by atoms with Crippen molar-refractivity contribution in [3.63, 3.8) is 0 Å². The van der Waals surface area contributed by atoms with Gasteiger partial charge in [0.15, 0.2) is 5.79 Å². The zero-order valence-electron chi connectivity index (χ0n) is 12.1. The van der Waals surface area contributed by atoms with Crippen LogP contribution in [0.1, 0.15) is 41.5 Å². The van der Waals surface area contributed by atoms with Crippen LogP contribution < -0.4 is 0 Å². The van der Waals surface area contributed by atoms with E-state index < -0.39 is 11.4 Å². The lowest BCUT2D eigenvalue weighted by Gasteiger charge is -2.20. The van der Waals surface area contributed by atoms with Gasteiger partial charge in [-0.1, -0.05) is 6.92 Å². The van der Waals surface area contributed by atoms with Crippen LogP contribution in [-0.4, -0.2) is 30.1 Å². The Bertz CT molecular complexity index is 342. The van der Waals surface area contributed by atoms with Gasteiger partial charge in [0.2, 0.25) is 0 Å². The molecule has 4 unspecified atom stereocenters. The average molecular weight is 256 g/mol. The molecule has 0 N–H and O–H groups in total. The van der Waals surface area contributed by atoms with E-state index in [1.54, 1.807) is 0 Å². The highest BCUT2D eigenvalue weighted by molar-refractivity contribution is 5.77. The Morgan fingerprint density at radius 2 is 1.94 bits per heavy atom. The molecular weight excluding hydrogens is 232 g/mol. The molecule has 0 amide bonds. The summed E-state index contributed by atoms with van der Waals surface area (Å²) in [6.07, 6.45) is 0.0209. The number of carbonyl (C=O) groups excluding carboxylic acids is 1. The molecule has 0 aromatic heterocycles. The van der Waals surface area contributed by atoms with E-state index in [0.29, 0.717) is 12.5 Å². The van der Waals surface area contributed by atoms with E-state index in [4.69, 9.17) is 14.2 Å². The molecule has 4 nitrogen and oxygen atoms in total. The van der Waals surface area contributed by atoms with Gasteiger partial charge in [-0.25, -0.2) is 0 Å². The first-order valence-electron chi connectivity index (χ1n) is 6.65. The van der Waals surface area contributed by atoms with Gasteiger partial charge in [0.05, 0.1) is 18.6 Å². The number of ether oxygens (including phenoxy) is 3. The van der Waals surface area contributed by atoms with Gasteiger partial charge >= 0.3 is 5.97 Å². The van der Waals surface area contributed by atoms with Gasteiger partial charge in [-0.15, -0.1) is 0 Å². The summed E-state index contributed by atoms with van der Waals surface area (Å²) in [5, 5.41) is 0. The highest BCUT2D eigenvalue weighted by atomic mass is 16.7. The summed E-state index contributed by atoms with van der Waals surface area (Å²) in [4.78, 5) is 12.0. The van der Waals surface area contributed by atoms with Crippen LogP contribution >= 0.6 is 0 Å². The van der Waals surface area contributed by atoms with Crippen LogP contribution in [0.25, 0.3) is 0 Å². The summed E-state index contributed by atoms with van der Waals surface area (Å²) in [6.45, 7) is 12.1. The number of hydrogen-bond acceptors (Lipinski definition) is 4. The third-order valence-corrected chi connectivity index (χ3v) is 3.59. The Morgan fingerprint density at radius 3 is 2.39 bits per heavy atom. The van der Waals surface area contributed by atoms with E-state index in [0.717, 1.165) is 0 Å². The maximum Gasteiger partial charge on any atom is 0.310 e. The molecule has 2 aliphatic rings. The van der Waals surface area contributed by atoms with Gasteiger partial charge in [0.25, 0.3) is 0 Å². The van der Waals surface area contributed by atoms with Crippen LogP contribution in [0, 0.1) is 17.8 Å². The van der Waals surface area contributed by atoms with Gasteiger partial charge in [-0.05, 0) is 40.5 Å². The first-order chi connectivity index (χ1) is 8.11. The lowest BCUT2D eigenvalue weighted by Crippen LogP contribution is -2.27. The number of rotatable bonds is 2. The SMILES string of the molecule is CC1C(C(=O)OC(C)(C)C)C1C1COC(C)(C)O1. The number of esters is 1. The third-order valence-electron chi connectivity index (χ3n) is 3.59. The van der Waals surface area contributed by atoms with Crippen LogP contribution in [0.2, 0.25) is 0 Å². The minimum absolute atomic E-state index is 0.0209. The summed E-state index contributed by atoms with van der Waals surface area (Å²) in [7, 11) is 0. The summed E-state index contributed by atoms with van der Waals surface area (Å²) >= 11 is 0. The molecule has 4 heteroatoms. The van der Waals surface area contributed by atoms with Crippen LogP contribution in [0.15, 0.2) is 0 Å². The van der Waals surface area contributed by atoms with Gasteiger partial charge < -0.3 is 14.2 Å². The fraction of sp³-hybridized carbons (Fsp3) is 0.929. The first-order valence-corrected chi connectivity index (χ1v) is 6.65. The molecule has 1 saturated carbocycles. The lowest BCUT2D eigenvalue weighted by molar-refractivity contribution is -0.159. The van der Waals surface area contributed by atoms with Crippen LogP contribution in [0.5, 0.6) is 0 Å². The number of carbonyl (C=O) groups is 1. The second-order valence-corrected chi connectivity index (χ2v) is 6.86. The fourth-order valence-corrected chi connectivity index (χ4v) is 2.71. The Labute approximate surface area is 109 Å². The molecule has 104 valence electrons. The molecule has 1 aliphatic carbocycles. The Kier molecular flexibility index (Phi) is 3.23. The lowest BCUT2D eigenvalue weighted by atomic mass is 10.1. The zero-order chi connectivity index (χ0) is 13.7. The molecule has 0 aromatic rings. The molecule has 1 saturated heterocycles. The predicted molar refractivity (Wildman–Crippen MR) is 66.9 cm³/mol. The molecule has 0 aromatic carbocycles. The molecule has 18 heavy (non-hydrogen) atoms. The van der Waals surface area contributed by atoms with E-state index in [9.17, 15) is 4.79 Å². The van der Waals surface area contributed by atoms with Crippen molar-refractivity contribution in [2.75, 3.05) is 6.61 Å². The van der Waals surface area contributed by atoms with Crippen LogP contribution in [-0.2, 0) is 19.0 Å². The largest absolute Gasteiger partial charge is 0.460 e. The van der Waals surface area contributed by atoms with E-state index >= 15 is 0 Å². The van der Waals surface area contributed by atoms with Gasteiger partial charge in [-0.3, -0.25) is 4.79 Å². The molecule has 2 fully saturated rings. The summed E-state index contributed by atoms with van der Waals surface area (Å²) in [5.41, 5.74) is -0.420. The first kappa shape index (κ1) is 13.8. The highest BCUT2D eigenvalue weighted by Gasteiger charge is 2.59. The summed E-state index contributed by atoms with van der Waals surface area (Å²) in [5.74, 6) is -0.102. The average Bonchev–Trinajstić information content (AvgIpc) is 2.69. The maximum absolute atomic E-state index is 12.0. The van der Waals surface area contributed by atoms with Crippen molar-refractivity contribution in [2.24, 2.45) is 17.8 Å². The van der Waals surface area contributed by atoms with Crippen molar-refractivity contribution in [2.45, 2.75) is 59.0 Å². The monoisotopic (exact) mass is 256 g/mol. The van der Waals surface area contributed by atoms with E-state index in [2.05, 4.69) is 6.92 Å². The smallest absolute Gasteiger partial charge is 0.310 e. The topological polar surface area (TPSA) is 44.8 Å². The van der Waals surface area contributed by atoms with Crippen molar-refractivity contribution in [1.82, 2.24) is 0 Å². The van der Waals surface area contributed by atoms with E-state index in [-0.39, 0.29) is 23.9 Å². The molecule has 2 rings (SSSR count). The molecule has 0 spiro atoms. The Morgan fingerprint density at radius 1 is 1.33 bits per heavy atom. The van der Waals surface area contributed by atoms with Crippen LogP contribution in [0.3, 0.4) is 0 Å². The van der Waals surface area contributed by atoms with Crippen molar-refractivity contribution in [3.05, 3.63) is 0 Å². The minimum atomic E-state index is -0.522.